The molecule has 0 spiro atoms. The minimum absolute atomic E-state index is 0.0791. The topological polar surface area (TPSA) is 44.8 Å². The summed E-state index contributed by atoms with van der Waals surface area (Å²) in [4.78, 5) is 11.3. The maximum atomic E-state index is 11.3. The number of benzene rings is 2. The van der Waals surface area contributed by atoms with Crippen LogP contribution in [0.5, 0.6) is 11.5 Å². The van der Waals surface area contributed by atoms with E-state index in [0.717, 1.165) is 17.7 Å². The van der Waals surface area contributed by atoms with E-state index in [1.165, 1.54) is 0 Å². The van der Waals surface area contributed by atoms with Crippen molar-refractivity contribution in [1.82, 2.24) is 0 Å². The van der Waals surface area contributed by atoms with Gasteiger partial charge in [0, 0.05) is 0 Å². The number of hydrogen-bond acceptors (Lipinski definition) is 4. The van der Waals surface area contributed by atoms with Gasteiger partial charge in [0.05, 0.1) is 6.61 Å². The first-order valence-corrected chi connectivity index (χ1v) is 7.33. The summed E-state index contributed by atoms with van der Waals surface area (Å²) in [5.41, 5.74) is 1.11. The Hall–Kier alpha value is -2.49. The molecule has 0 unspecified atom stereocenters. The summed E-state index contributed by atoms with van der Waals surface area (Å²) < 4.78 is 16.0. The molecule has 4 heteroatoms. The van der Waals surface area contributed by atoms with Crippen LogP contribution in [0.15, 0.2) is 54.6 Å². The molecule has 0 atom stereocenters. The van der Waals surface area contributed by atoms with Crippen LogP contribution in [0, 0.1) is 0 Å². The van der Waals surface area contributed by atoms with Crippen LogP contribution in [0.25, 0.3) is 0 Å². The Morgan fingerprint density at radius 1 is 0.909 bits per heavy atom. The number of esters is 1. The lowest BCUT2D eigenvalue weighted by atomic mass is 10.2. The van der Waals surface area contributed by atoms with E-state index in [1.807, 2.05) is 49.4 Å². The van der Waals surface area contributed by atoms with Crippen LogP contribution in [0.3, 0.4) is 0 Å². The van der Waals surface area contributed by atoms with Crippen LogP contribution in [-0.2, 0) is 16.1 Å². The molecule has 2 rings (SSSR count). The van der Waals surface area contributed by atoms with Crippen molar-refractivity contribution < 1.29 is 19.0 Å². The second-order valence-corrected chi connectivity index (χ2v) is 4.75. The van der Waals surface area contributed by atoms with Gasteiger partial charge >= 0.3 is 5.97 Å². The highest BCUT2D eigenvalue weighted by atomic mass is 16.6. The first kappa shape index (κ1) is 15.9. The van der Waals surface area contributed by atoms with Crippen LogP contribution in [0.1, 0.15) is 18.9 Å². The van der Waals surface area contributed by atoms with Crippen molar-refractivity contribution in [2.45, 2.75) is 20.0 Å². The number of carbonyl (C=O) groups excluding carboxylic acids is 1. The summed E-state index contributed by atoms with van der Waals surface area (Å²) in [6, 6.07) is 17.1. The van der Waals surface area contributed by atoms with E-state index in [1.54, 1.807) is 12.1 Å². The monoisotopic (exact) mass is 300 g/mol. The fourth-order valence-corrected chi connectivity index (χ4v) is 1.77. The van der Waals surface area contributed by atoms with E-state index < -0.39 is 0 Å². The third-order valence-corrected chi connectivity index (χ3v) is 2.90. The molecule has 0 heterocycles. The molecule has 116 valence electrons. The molecule has 0 fully saturated rings. The summed E-state index contributed by atoms with van der Waals surface area (Å²) in [5.74, 6) is 1.01. The minimum Gasteiger partial charge on any atom is -0.489 e. The van der Waals surface area contributed by atoms with Gasteiger partial charge in [-0.15, -0.1) is 0 Å². The molecule has 4 nitrogen and oxygen atoms in total. The zero-order valence-corrected chi connectivity index (χ0v) is 12.7. The average molecular weight is 300 g/mol. The summed E-state index contributed by atoms with van der Waals surface area (Å²) in [5, 5.41) is 0. The first-order valence-electron chi connectivity index (χ1n) is 7.33. The van der Waals surface area contributed by atoms with Crippen molar-refractivity contribution >= 4 is 5.97 Å². The Labute approximate surface area is 130 Å². The van der Waals surface area contributed by atoms with Crippen LogP contribution in [-0.4, -0.2) is 19.2 Å². The quantitative estimate of drug-likeness (QED) is 0.699. The zero-order valence-electron chi connectivity index (χ0n) is 12.7. The van der Waals surface area contributed by atoms with Gasteiger partial charge in [-0.05, 0) is 36.2 Å². The molecular formula is C18H20O4. The van der Waals surface area contributed by atoms with Crippen molar-refractivity contribution in [3.8, 4) is 11.5 Å². The number of carbonyl (C=O) groups is 1. The summed E-state index contributed by atoms with van der Waals surface area (Å²) in [7, 11) is 0. The lowest BCUT2D eigenvalue weighted by Crippen LogP contribution is -2.15. The molecule has 0 aromatic heterocycles. The molecule has 0 radical (unpaired) electrons. The van der Waals surface area contributed by atoms with E-state index in [0.29, 0.717) is 19.0 Å². The van der Waals surface area contributed by atoms with Crippen molar-refractivity contribution in [3.05, 3.63) is 60.2 Å². The van der Waals surface area contributed by atoms with Gasteiger partial charge in [-0.3, -0.25) is 0 Å². The Bertz CT molecular complexity index is 563. The van der Waals surface area contributed by atoms with Crippen molar-refractivity contribution in [2.75, 3.05) is 13.2 Å². The molecule has 22 heavy (non-hydrogen) atoms. The third kappa shape index (κ3) is 5.48. The molecule has 0 bridgehead atoms. The molecule has 0 saturated carbocycles. The molecule has 0 aliphatic carbocycles. The summed E-state index contributed by atoms with van der Waals surface area (Å²) >= 11 is 0. The number of hydrogen-bond donors (Lipinski definition) is 0. The van der Waals surface area contributed by atoms with Crippen molar-refractivity contribution in [1.29, 1.82) is 0 Å². The Kier molecular flexibility index (Phi) is 6.30. The van der Waals surface area contributed by atoms with E-state index in [-0.39, 0.29) is 12.6 Å². The smallest absolute Gasteiger partial charge is 0.344 e. The minimum atomic E-state index is -0.355. The van der Waals surface area contributed by atoms with Crippen LogP contribution in [0.4, 0.5) is 0 Å². The van der Waals surface area contributed by atoms with Crippen LogP contribution in [0.2, 0.25) is 0 Å². The standard InChI is InChI=1S/C18H20O4/c1-2-12-20-18(19)14-22-17-10-8-16(9-11-17)21-13-15-6-4-3-5-7-15/h3-11H,2,12-14H2,1H3. The first-order chi connectivity index (χ1) is 10.8. The van der Waals surface area contributed by atoms with Gasteiger partial charge in [-0.2, -0.15) is 0 Å². The van der Waals surface area contributed by atoms with Gasteiger partial charge < -0.3 is 14.2 Å². The van der Waals surface area contributed by atoms with Gasteiger partial charge in [0.25, 0.3) is 0 Å². The summed E-state index contributed by atoms with van der Waals surface area (Å²) in [6.45, 7) is 2.81. The lowest BCUT2D eigenvalue weighted by Gasteiger charge is -2.08. The second-order valence-electron chi connectivity index (χ2n) is 4.75. The molecule has 0 saturated heterocycles. The molecule has 0 N–H and O–H groups in total. The predicted molar refractivity (Wildman–Crippen MR) is 84.0 cm³/mol. The maximum absolute atomic E-state index is 11.3. The Morgan fingerprint density at radius 2 is 1.55 bits per heavy atom. The molecule has 0 aliphatic rings. The van der Waals surface area contributed by atoms with Gasteiger partial charge in [0.1, 0.15) is 18.1 Å². The Balaban J connectivity index is 1.76. The van der Waals surface area contributed by atoms with Crippen LogP contribution < -0.4 is 9.47 Å². The number of rotatable bonds is 8. The van der Waals surface area contributed by atoms with E-state index >= 15 is 0 Å². The largest absolute Gasteiger partial charge is 0.489 e. The Morgan fingerprint density at radius 3 is 2.18 bits per heavy atom. The fraction of sp³-hybridized carbons (Fsp3) is 0.278. The highest BCUT2D eigenvalue weighted by molar-refractivity contribution is 5.71. The van der Waals surface area contributed by atoms with Crippen molar-refractivity contribution in [2.24, 2.45) is 0 Å². The normalized spacial score (nSPS) is 10.0. The SMILES string of the molecule is CCCOC(=O)COc1ccc(OCc2ccccc2)cc1. The highest BCUT2D eigenvalue weighted by Gasteiger charge is 2.04. The van der Waals surface area contributed by atoms with E-state index in [9.17, 15) is 4.79 Å². The molecule has 0 amide bonds. The van der Waals surface area contributed by atoms with Crippen LogP contribution >= 0.6 is 0 Å². The van der Waals surface area contributed by atoms with Gasteiger partial charge in [0.15, 0.2) is 6.61 Å². The average Bonchev–Trinajstić information content (AvgIpc) is 2.58. The van der Waals surface area contributed by atoms with E-state index in [2.05, 4.69) is 0 Å². The predicted octanol–water partition coefficient (Wildman–Crippen LogP) is 3.60. The van der Waals surface area contributed by atoms with Gasteiger partial charge in [0.2, 0.25) is 0 Å². The van der Waals surface area contributed by atoms with Gasteiger partial charge in [-0.1, -0.05) is 37.3 Å². The van der Waals surface area contributed by atoms with Gasteiger partial charge in [-0.25, -0.2) is 4.79 Å². The lowest BCUT2D eigenvalue weighted by molar-refractivity contribution is -0.146. The van der Waals surface area contributed by atoms with E-state index in [4.69, 9.17) is 14.2 Å². The molecule has 0 aliphatic heterocycles. The molecule has 2 aromatic carbocycles. The second kappa shape index (κ2) is 8.72. The molecule has 2 aromatic rings. The van der Waals surface area contributed by atoms with Crippen molar-refractivity contribution in [3.63, 3.8) is 0 Å². The maximum Gasteiger partial charge on any atom is 0.344 e. The molecular weight excluding hydrogens is 280 g/mol. The third-order valence-electron chi connectivity index (χ3n) is 2.90. The zero-order chi connectivity index (χ0) is 15.6. The highest BCUT2D eigenvalue weighted by Crippen LogP contribution is 2.18. The number of ether oxygens (including phenoxy) is 3. The fourth-order valence-electron chi connectivity index (χ4n) is 1.77. The summed E-state index contributed by atoms with van der Waals surface area (Å²) in [6.07, 6.45) is 0.805.